The van der Waals surface area contributed by atoms with Crippen LogP contribution in [-0.4, -0.2) is 63.6 Å². The standard InChI is InChI=1S/C27H34N4O8/c1-6-37-21-13-17(24-23(26(33)36-5)16(3)29-27(34)30-24)11-12-19(21)39-15-22(32)31-28-14-18-9-8-10-20(35-4)25(18)38-7-2/h8-14,22,24,31-32H,6-7,15H2,1-5H3,(H2,29,30,34)/b28-14+/t22-,24-/m1/s1. The Kier molecular flexibility index (Phi) is 10.4. The Morgan fingerprint density at radius 1 is 1.10 bits per heavy atom. The predicted octanol–water partition coefficient (Wildman–Crippen LogP) is 2.61. The summed E-state index contributed by atoms with van der Waals surface area (Å²) in [7, 11) is 2.83. The molecule has 4 N–H and O–H groups in total. The number of para-hydroxylation sites is 1. The molecule has 0 radical (unpaired) electrons. The molecule has 3 rings (SSSR count). The number of carbonyl (C=O) groups excluding carboxylic acids is 2. The number of amides is 2. The van der Waals surface area contributed by atoms with E-state index in [9.17, 15) is 14.7 Å². The van der Waals surface area contributed by atoms with Crippen LogP contribution in [0.15, 0.2) is 52.8 Å². The van der Waals surface area contributed by atoms with Crippen LogP contribution in [-0.2, 0) is 9.53 Å². The topological polar surface area (TPSA) is 149 Å². The van der Waals surface area contributed by atoms with Crippen molar-refractivity contribution in [1.29, 1.82) is 0 Å². The first-order valence-corrected chi connectivity index (χ1v) is 12.3. The number of ether oxygens (including phenoxy) is 5. The van der Waals surface area contributed by atoms with Crippen molar-refractivity contribution in [3.05, 3.63) is 58.8 Å². The van der Waals surface area contributed by atoms with Gasteiger partial charge in [-0.05, 0) is 50.6 Å². The zero-order valence-corrected chi connectivity index (χ0v) is 22.6. The number of hydrogen-bond donors (Lipinski definition) is 4. The van der Waals surface area contributed by atoms with Crippen LogP contribution in [0.1, 0.15) is 37.9 Å². The van der Waals surface area contributed by atoms with E-state index in [-0.39, 0.29) is 12.2 Å². The van der Waals surface area contributed by atoms with Gasteiger partial charge in [0.05, 0.1) is 45.3 Å². The number of hydrogen-bond acceptors (Lipinski definition) is 10. The van der Waals surface area contributed by atoms with Crippen LogP contribution in [0.2, 0.25) is 0 Å². The molecule has 12 heteroatoms. The highest BCUT2D eigenvalue weighted by Crippen LogP contribution is 2.35. The molecule has 2 atom stereocenters. The number of benzene rings is 2. The van der Waals surface area contributed by atoms with Crippen LogP contribution < -0.4 is 35.0 Å². The minimum Gasteiger partial charge on any atom is -0.493 e. The first-order chi connectivity index (χ1) is 18.8. The van der Waals surface area contributed by atoms with E-state index in [4.69, 9.17) is 23.7 Å². The van der Waals surface area contributed by atoms with Gasteiger partial charge < -0.3 is 39.4 Å². The Labute approximate surface area is 226 Å². The second-order valence-electron chi connectivity index (χ2n) is 8.23. The van der Waals surface area contributed by atoms with Crippen molar-refractivity contribution in [1.82, 2.24) is 16.1 Å². The van der Waals surface area contributed by atoms with Gasteiger partial charge in [-0.1, -0.05) is 12.1 Å². The number of methoxy groups -OCH3 is 2. The second kappa shape index (κ2) is 13.9. The SMILES string of the molecule is CCOc1cc([C@H]2NC(=O)NC(C)=C2C(=O)OC)ccc1OC[C@@H](O)N/N=C/c1cccc(OC)c1OCC. The molecular formula is C27H34N4O8. The van der Waals surface area contributed by atoms with E-state index < -0.39 is 24.3 Å². The maximum atomic E-state index is 12.4. The molecule has 0 saturated heterocycles. The van der Waals surface area contributed by atoms with Gasteiger partial charge in [0.1, 0.15) is 6.61 Å². The number of nitrogens with one attached hydrogen (secondary N) is 3. The van der Waals surface area contributed by atoms with Crippen LogP contribution >= 0.6 is 0 Å². The number of rotatable bonds is 13. The lowest BCUT2D eigenvalue weighted by atomic mass is 9.95. The highest BCUT2D eigenvalue weighted by molar-refractivity contribution is 5.95. The van der Waals surface area contributed by atoms with Crippen molar-refractivity contribution in [2.75, 3.05) is 34.0 Å². The van der Waals surface area contributed by atoms with Crippen molar-refractivity contribution in [3.8, 4) is 23.0 Å². The molecular weight excluding hydrogens is 508 g/mol. The van der Waals surface area contributed by atoms with Crippen molar-refractivity contribution in [2.45, 2.75) is 33.0 Å². The van der Waals surface area contributed by atoms with Gasteiger partial charge in [-0.2, -0.15) is 5.10 Å². The van der Waals surface area contributed by atoms with Crippen molar-refractivity contribution < 1.29 is 38.4 Å². The summed E-state index contributed by atoms with van der Waals surface area (Å²) < 4.78 is 27.4. The zero-order valence-electron chi connectivity index (χ0n) is 22.6. The molecule has 0 unspecified atom stereocenters. The van der Waals surface area contributed by atoms with E-state index in [1.54, 1.807) is 38.3 Å². The molecule has 0 spiro atoms. The van der Waals surface area contributed by atoms with Gasteiger partial charge in [0.25, 0.3) is 0 Å². The molecule has 0 fully saturated rings. The second-order valence-corrected chi connectivity index (χ2v) is 8.23. The Hall–Kier alpha value is -4.45. The molecule has 1 aliphatic heterocycles. The van der Waals surface area contributed by atoms with Gasteiger partial charge in [0.15, 0.2) is 29.2 Å². The first-order valence-electron chi connectivity index (χ1n) is 12.3. The van der Waals surface area contributed by atoms with Crippen LogP contribution in [0, 0.1) is 0 Å². The van der Waals surface area contributed by atoms with Gasteiger partial charge >= 0.3 is 12.0 Å². The summed E-state index contributed by atoms with van der Waals surface area (Å²) in [5, 5.41) is 19.8. The predicted molar refractivity (Wildman–Crippen MR) is 143 cm³/mol. The lowest BCUT2D eigenvalue weighted by Gasteiger charge is -2.28. The number of urea groups is 1. The third-order valence-electron chi connectivity index (χ3n) is 5.62. The Bertz CT molecular complexity index is 1230. The van der Waals surface area contributed by atoms with E-state index in [2.05, 4.69) is 21.2 Å². The number of nitrogens with zero attached hydrogens (tertiary/aromatic N) is 1. The summed E-state index contributed by atoms with van der Waals surface area (Å²) in [5.74, 6) is 1.28. The number of allylic oxidation sites excluding steroid dienone is 1. The number of hydrazone groups is 1. The highest BCUT2D eigenvalue weighted by Gasteiger charge is 2.32. The average Bonchev–Trinajstić information content (AvgIpc) is 2.92. The van der Waals surface area contributed by atoms with Crippen molar-refractivity contribution in [3.63, 3.8) is 0 Å². The van der Waals surface area contributed by atoms with E-state index in [0.29, 0.717) is 53.0 Å². The molecule has 0 aliphatic carbocycles. The third-order valence-corrected chi connectivity index (χ3v) is 5.62. The number of esters is 1. The summed E-state index contributed by atoms with van der Waals surface area (Å²) in [6.07, 6.45) is 0.371. The largest absolute Gasteiger partial charge is 0.493 e. The smallest absolute Gasteiger partial charge is 0.337 e. The monoisotopic (exact) mass is 542 g/mol. The number of aliphatic hydroxyl groups is 1. The molecule has 0 bridgehead atoms. The Morgan fingerprint density at radius 2 is 1.87 bits per heavy atom. The minimum atomic E-state index is -1.14. The molecule has 2 aromatic rings. The highest BCUT2D eigenvalue weighted by atomic mass is 16.5. The molecule has 1 aliphatic rings. The molecule has 2 aromatic carbocycles. The lowest BCUT2D eigenvalue weighted by molar-refractivity contribution is -0.136. The fourth-order valence-corrected chi connectivity index (χ4v) is 3.91. The summed E-state index contributed by atoms with van der Waals surface area (Å²) >= 11 is 0. The maximum absolute atomic E-state index is 12.4. The molecule has 0 aromatic heterocycles. The Balaban J connectivity index is 1.71. The lowest BCUT2D eigenvalue weighted by Crippen LogP contribution is -2.45. The van der Waals surface area contributed by atoms with Gasteiger partial charge in [-0.25, -0.2) is 9.59 Å². The van der Waals surface area contributed by atoms with Crippen molar-refractivity contribution >= 4 is 18.2 Å². The Morgan fingerprint density at radius 3 is 2.56 bits per heavy atom. The summed E-state index contributed by atoms with van der Waals surface area (Å²) in [4.78, 5) is 24.5. The van der Waals surface area contributed by atoms with Gasteiger partial charge in [-0.15, -0.1) is 0 Å². The number of aliphatic hydroxyl groups excluding tert-OH is 1. The van der Waals surface area contributed by atoms with Crippen LogP contribution in [0.25, 0.3) is 0 Å². The van der Waals surface area contributed by atoms with Gasteiger partial charge in [0.2, 0.25) is 0 Å². The fourth-order valence-electron chi connectivity index (χ4n) is 3.91. The maximum Gasteiger partial charge on any atom is 0.337 e. The zero-order chi connectivity index (χ0) is 28.4. The molecule has 0 saturated carbocycles. The molecule has 1 heterocycles. The normalized spacial score (nSPS) is 15.7. The first kappa shape index (κ1) is 29.1. The molecule has 12 nitrogen and oxygen atoms in total. The van der Waals surface area contributed by atoms with E-state index >= 15 is 0 Å². The molecule has 210 valence electrons. The van der Waals surface area contributed by atoms with Gasteiger partial charge in [-0.3, -0.25) is 5.43 Å². The molecule has 39 heavy (non-hydrogen) atoms. The average molecular weight is 543 g/mol. The molecule has 2 amide bonds. The van der Waals surface area contributed by atoms with E-state index in [1.165, 1.54) is 13.3 Å². The summed E-state index contributed by atoms with van der Waals surface area (Å²) in [5.41, 5.74) is 4.54. The van der Waals surface area contributed by atoms with E-state index in [0.717, 1.165) is 0 Å². The van der Waals surface area contributed by atoms with Crippen molar-refractivity contribution in [2.24, 2.45) is 5.10 Å². The third kappa shape index (κ3) is 7.32. The fraction of sp³-hybridized carbons (Fsp3) is 0.370. The quantitative estimate of drug-likeness (QED) is 0.130. The summed E-state index contributed by atoms with van der Waals surface area (Å²) in [6, 6.07) is 9.21. The summed E-state index contributed by atoms with van der Waals surface area (Å²) in [6.45, 7) is 5.95. The number of carbonyl (C=O) groups is 2. The van der Waals surface area contributed by atoms with Crippen LogP contribution in [0.3, 0.4) is 0 Å². The minimum absolute atomic E-state index is 0.149. The van der Waals surface area contributed by atoms with E-state index in [1.807, 2.05) is 26.0 Å². The van der Waals surface area contributed by atoms with Crippen LogP contribution in [0.4, 0.5) is 4.79 Å². The van der Waals surface area contributed by atoms with Crippen LogP contribution in [0.5, 0.6) is 23.0 Å². The van der Waals surface area contributed by atoms with Gasteiger partial charge in [0, 0.05) is 11.3 Å².